The van der Waals surface area contributed by atoms with Crippen LogP contribution < -0.4 is 0 Å². The van der Waals surface area contributed by atoms with Crippen molar-refractivity contribution in [3.8, 4) is 10.6 Å². The summed E-state index contributed by atoms with van der Waals surface area (Å²) in [5.41, 5.74) is 0.928. The summed E-state index contributed by atoms with van der Waals surface area (Å²) in [6.45, 7) is 1.96. The van der Waals surface area contributed by atoms with E-state index in [1.807, 2.05) is 18.4 Å². The number of esters is 1. The van der Waals surface area contributed by atoms with E-state index in [4.69, 9.17) is 0 Å². The Morgan fingerprint density at radius 1 is 1.47 bits per heavy atom. The van der Waals surface area contributed by atoms with Crippen molar-refractivity contribution in [3.05, 3.63) is 27.4 Å². The van der Waals surface area contributed by atoms with Crippen LogP contribution in [0.3, 0.4) is 0 Å². The van der Waals surface area contributed by atoms with Crippen LogP contribution in [0.1, 0.15) is 14.7 Å². The van der Waals surface area contributed by atoms with Gasteiger partial charge in [0.25, 0.3) is 0 Å². The predicted molar refractivity (Wildman–Crippen MR) is 61.5 cm³/mol. The molecular formula is C10H9NO2S2. The van der Waals surface area contributed by atoms with Crippen LogP contribution in [0.5, 0.6) is 0 Å². The van der Waals surface area contributed by atoms with Gasteiger partial charge in [0.2, 0.25) is 0 Å². The van der Waals surface area contributed by atoms with Gasteiger partial charge in [-0.25, -0.2) is 9.78 Å². The molecule has 0 unspecified atom stereocenters. The average Bonchev–Trinajstić information content (AvgIpc) is 2.84. The molecule has 0 saturated heterocycles. The first-order valence-electron chi connectivity index (χ1n) is 4.31. The molecule has 2 rings (SSSR count). The van der Waals surface area contributed by atoms with Crippen molar-refractivity contribution >= 4 is 28.6 Å². The van der Waals surface area contributed by atoms with E-state index in [1.165, 1.54) is 18.4 Å². The molecule has 0 radical (unpaired) electrons. The van der Waals surface area contributed by atoms with Crippen molar-refractivity contribution in [2.75, 3.05) is 7.11 Å². The molecule has 0 amide bonds. The Kier molecular flexibility index (Phi) is 2.83. The van der Waals surface area contributed by atoms with E-state index in [2.05, 4.69) is 9.72 Å². The number of methoxy groups -OCH3 is 1. The Hall–Kier alpha value is -1.20. The summed E-state index contributed by atoms with van der Waals surface area (Å²) in [5.74, 6) is -0.293. The Balaban J connectivity index is 2.31. The minimum atomic E-state index is -0.293. The summed E-state index contributed by atoms with van der Waals surface area (Å²) in [6, 6.07) is 3.66. The Bertz CT molecular complexity index is 487. The molecule has 0 aliphatic carbocycles. The second-order valence-corrected chi connectivity index (χ2v) is 5.05. The molecule has 0 bridgehead atoms. The maximum Gasteiger partial charge on any atom is 0.348 e. The van der Waals surface area contributed by atoms with Crippen LogP contribution in [0.15, 0.2) is 17.5 Å². The molecule has 0 aromatic carbocycles. The number of aromatic nitrogens is 1. The zero-order valence-electron chi connectivity index (χ0n) is 8.31. The van der Waals surface area contributed by atoms with Gasteiger partial charge in [0.15, 0.2) is 0 Å². The van der Waals surface area contributed by atoms with Crippen LogP contribution >= 0.6 is 22.7 Å². The fourth-order valence-electron chi connectivity index (χ4n) is 1.16. The lowest BCUT2D eigenvalue weighted by Crippen LogP contribution is -1.96. The molecule has 15 heavy (non-hydrogen) atoms. The molecule has 2 aromatic heterocycles. The van der Waals surface area contributed by atoms with Crippen molar-refractivity contribution in [2.45, 2.75) is 6.92 Å². The maximum atomic E-state index is 11.2. The lowest BCUT2D eigenvalue weighted by Gasteiger charge is -1.92. The lowest BCUT2D eigenvalue weighted by molar-refractivity contribution is 0.0606. The number of carbonyl (C=O) groups is 1. The molecule has 3 nitrogen and oxygen atoms in total. The molecule has 0 N–H and O–H groups in total. The Morgan fingerprint density at radius 2 is 2.27 bits per heavy atom. The Labute approximate surface area is 95.4 Å². The molecular weight excluding hydrogens is 230 g/mol. The van der Waals surface area contributed by atoms with Gasteiger partial charge in [0, 0.05) is 5.38 Å². The summed E-state index contributed by atoms with van der Waals surface area (Å²) in [6.07, 6.45) is 0. The van der Waals surface area contributed by atoms with Crippen molar-refractivity contribution < 1.29 is 9.53 Å². The summed E-state index contributed by atoms with van der Waals surface area (Å²) in [7, 11) is 1.38. The average molecular weight is 239 g/mol. The van der Waals surface area contributed by atoms with Gasteiger partial charge in [-0.15, -0.1) is 22.7 Å². The number of thiazole rings is 1. The number of thiophene rings is 1. The highest BCUT2D eigenvalue weighted by Crippen LogP contribution is 2.29. The largest absolute Gasteiger partial charge is 0.465 e. The van der Waals surface area contributed by atoms with Gasteiger partial charge < -0.3 is 4.74 Å². The number of rotatable bonds is 2. The van der Waals surface area contributed by atoms with E-state index in [-0.39, 0.29) is 5.97 Å². The first-order chi connectivity index (χ1) is 7.20. The van der Waals surface area contributed by atoms with Gasteiger partial charge in [-0.2, -0.15) is 0 Å². The summed E-state index contributed by atoms with van der Waals surface area (Å²) >= 11 is 3.00. The number of hydrogen-bond acceptors (Lipinski definition) is 5. The van der Waals surface area contributed by atoms with Crippen LogP contribution in [0.4, 0.5) is 0 Å². The smallest absolute Gasteiger partial charge is 0.348 e. The third-order valence-electron chi connectivity index (χ3n) is 1.86. The van der Waals surface area contributed by atoms with Gasteiger partial charge in [-0.3, -0.25) is 0 Å². The SMILES string of the molecule is COC(=O)c1ccc(-c2csc(C)n2)s1. The van der Waals surface area contributed by atoms with Crippen LogP contribution in [0.2, 0.25) is 0 Å². The predicted octanol–water partition coefficient (Wildman–Crippen LogP) is 2.97. The van der Waals surface area contributed by atoms with Crippen LogP contribution in [0.25, 0.3) is 10.6 Å². The molecule has 0 aliphatic heterocycles. The number of nitrogens with zero attached hydrogens (tertiary/aromatic N) is 1. The Morgan fingerprint density at radius 3 is 2.87 bits per heavy atom. The molecule has 0 fully saturated rings. The van der Waals surface area contributed by atoms with Gasteiger partial charge in [0.1, 0.15) is 4.88 Å². The van der Waals surface area contributed by atoms with Crippen molar-refractivity contribution in [1.29, 1.82) is 0 Å². The molecule has 0 aliphatic rings. The molecule has 2 aromatic rings. The van der Waals surface area contributed by atoms with Crippen LogP contribution in [-0.4, -0.2) is 18.1 Å². The molecule has 2 heterocycles. The summed E-state index contributed by atoms with van der Waals surface area (Å²) in [5, 5.41) is 3.01. The van der Waals surface area contributed by atoms with E-state index < -0.39 is 0 Å². The number of ether oxygens (including phenoxy) is 1. The highest BCUT2D eigenvalue weighted by Gasteiger charge is 2.11. The fourth-order valence-corrected chi connectivity index (χ4v) is 2.73. The van der Waals surface area contributed by atoms with Gasteiger partial charge >= 0.3 is 5.97 Å². The topological polar surface area (TPSA) is 39.2 Å². The number of carbonyl (C=O) groups excluding carboxylic acids is 1. The third kappa shape index (κ3) is 2.08. The van der Waals surface area contributed by atoms with Gasteiger partial charge in [0.05, 0.1) is 22.7 Å². The zero-order valence-corrected chi connectivity index (χ0v) is 9.95. The first kappa shape index (κ1) is 10.3. The van der Waals surface area contributed by atoms with Crippen molar-refractivity contribution in [3.63, 3.8) is 0 Å². The highest BCUT2D eigenvalue weighted by atomic mass is 32.1. The second-order valence-electron chi connectivity index (χ2n) is 2.91. The normalized spacial score (nSPS) is 10.3. The molecule has 0 atom stereocenters. The monoisotopic (exact) mass is 239 g/mol. The van der Waals surface area contributed by atoms with E-state index in [1.54, 1.807) is 17.4 Å². The van der Waals surface area contributed by atoms with E-state index >= 15 is 0 Å². The molecule has 0 saturated carbocycles. The van der Waals surface area contributed by atoms with E-state index in [0.717, 1.165) is 15.6 Å². The van der Waals surface area contributed by atoms with Crippen LogP contribution in [0, 0.1) is 6.92 Å². The fraction of sp³-hybridized carbons (Fsp3) is 0.200. The standard InChI is InChI=1S/C10H9NO2S2/c1-6-11-7(5-14-6)8-3-4-9(15-8)10(12)13-2/h3-5H,1-2H3. The molecule has 5 heteroatoms. The molecule has 78 valence electrons. The quantitative estimate of drug-likeness (QED) is 0.756. The van der Waals surface area contributed by atoms with Crippen molar-refractivity contribution in [2.24, 2.45) is 0 Å². The van der Waals surface area contributed by atoms with Gasteiger partial charge in [-0.05, 0) is 19.1 Å². The van der Waals surface area contributed by atoms with E-state index in [9.17, 15) is 4.79 Å². The zero-order chi connectivity index (χ0) is 10.8. The van der Waals surface area contributed by atoms with Gasteiger partial charge in [-0.1, -0.05) is 0 Å². The maximum absolute atomic E-state index is 11.2. The summed E-state index contributed by atoms with van der Waals surface area (Å²) in [4.78, 5) is 17.2. The van der Waals surface area contributed by atoms with E-state index in [0.29, 0.717) is 4.88 Å². The third-order valence-corrected chi connectivity index (χ3v) is 3.73. The highest BCUT2D eigenvalue weighted by molar-refractivity contribution is 7.17. The minimum absolute atomic E-state index is 0.293. The summed E-state index contributed by atoms with van der Waals surface area (Å²) < 4.78 is 4.64. The lowest BCUT2D eigenvalue weighted by atomic mass is 10.3. The number of hydrogen-bond donors (Lipinski definition) is 0. The van der Waals surface area contributed by atoms with Crippen LogP contribution in [-0.2, 0) is 4.74 Å². The minimum Gasteiger partial charge on any atom is -0.465 e. The molecule has 0 spiro atoms. The second kappa shape index (κ2) is 4.12. The van der Waals surface area contributed by atoms with Crippen molar-refractivity contribution in [1.82, 2.24) is 4.98 Å². The first-order valence-corrected chi connectivity index (χ1v) is 6.01. The number of aryl methyl sites for hydroxylation is 1.